The third-order valence-electron chi connectivity index (χ3n) is 5.63. The van der Waals surface area contributed by atoms with Gasteiger partial charge in [0.1, 0.15) is 11.4 Å². The summed E-state index contributed by atoms with van der Waals surface area (Å²) >= 11 is 0. The highest BCUT2D eigenvalue weighted by Crippen LogP contribution is 2.23. The summed E-state index contributed by atoms with van der Waals surface area (Å²) in [5.74, 6) is 0.595. The zero-order chi connectivity index (χ0) is 20.2. The summed E-state index contributed by atoms with van der Waals surface area (Å²) < 4.78 is 5.24. The number of nitrogens with zero attached hydrogens (tertiary/aromatic N) is 1. The number of para-hydroxylation sites is 1. The highest BCUT2D eigenvalue weighted by atomic mass is 16.5. The molecule has 1 aliphatic rings. The molecule has 2 aromatic carbocycles. The van der Waals surface area contributed by atoms with Gasteiger partial charge in [-0.15, -0.1) is 0 Å². The molecule has 1 aliphatic carbocycles. The number of methoxy groups -OCH3 is 1. The summed E-state index contributed by atoms with van der Waals surface area (Å²) in [6, 6.07) is 17.5. The molecule has 0 spiro atoms. The first kappa shape index (κ1) is 19.4. The number of rotatable bonds is 5. The fourth-order valence-corrected chi connectivity index (χ4v) is 4.00. The van der Waals surface area contributed by atoms with Gasteiger partial charge in [-0.3, -0.25) is 4.79 Å². The molecule has 0 unspecified atom stereocenters. The summed E-state index contributed by atoms with van der Waals surface area (Å²) in [6.07, 6.45) is 3.79. The molecule has 0 saturated heterocycles. The second-order valence-corrected chi connectivity index (χ2v) is 7.64. The Morgan fingerprint density at radius 2 is 1.90 bits per heavy atom. The average molecular weight is 390 g/mol. The van der Waals surface area contributed by atoms with Crippen LogP contribution in [0.4, 0.5) is 0 Å². The van der Waals surface area contributed by atoms with E-state index < -0.39 is 6.10 Å². The number of carbonyl (C=O) groups excluding carboxylic acids is 1. The lowest BCUT2D eigenvalue weighted by atomic mass is 9.92. The normalized spacial score (nSPS) is 19.1. The second kappa shape index (κ2) is 8.62. The van der Waals surface area contributed by atoms with E-state index in [-0.39, 0.29) is 11.9 Å². The molecule has 2 atom stereocenters. The molecular weight excluding hydrogens is 364 g/mol. The highest BCUT2D eigenvalue weighted by molar-refractivity contribution is 5.96. The number of nitrogens with one attached hydrogen (secondary N) is 1. The van der Waals surface area contributed by atoms with E-state index in [9.17, 15) is 9.90 Å². The number of carbonyl (C=O) groups is 1. The van der Waals surface area contributed by atoms with E-state index >= 15 is 0 Å². The van der Waals surface area contributed by atoms with Gasteiger partial charge in [0.2, 0.25) is 0 Å². The van der Waals surface area contributed by atoms with Gasteiger partial charge in [-0.25, -0.2) is 4.98 Å². The van der Waals surface area contributed by atoms with E-state index in [1.54, 1.807) is 7.11 Å². The van der Waals surface area contributed by atoms with Gasteiger partial charge in [0.05, 0.1) is 24.8 Å². The van der Waals surface area contributed by atoms with Gasteiger partial charge in [-0.05, 0) is 54.7 Å². The topological polar surface area (TPSA) is 71.5 Å². The van der Waals surface area contributed by atoms with Gasteiger partial charge >= 0.3 is 0 Å². The Hall–Kier alpha value is -2.92. The van der Waals surface area contributed by atoms with Gasteiger partial charge in [0, 0.05) is 5.39 Å². The number of hydrogen-bond donors (Lipinski definition) is 2. The molecule has 2 N–H and O–H groups in total. The molecular formula is C24H26N2O3. The molecule has 1 aromatic heterocycles. The van der Waals surface area contributed by atoms with E-state index in [0.29, 0.717) is 12.1 Å². The second-order valence-electron chi connectivity index (χ2n) is 7.64. The molecule has 0 radical (unpaired) electrons. The minimum atomic E-state index is -0.480. The van der Waals surface area contributed by atoms with Crippen LogP contribution in [0, 0.1) is 0 Å². The Balaban J connectivity index is 1.63. The van der Waals surface area contributed by atoms with Crippen molar-refractivity contribution in [3.05, 3.63) is 71.4 Å². The zero-order valence-electron chi connectivity index (χ0n) is 16.6. The predicted octanol–water partition coefficient (Wildman–Crippen LogP) is 3.87. The molecule has 3 aromatic rings. The minimum absolute atomic E-state index is 0.199. The number of pyridine rings is 1. The molecule has 5 nitrogen and oxygen atoms in total. The van der Waals surface area contributed by atoms with Crippen LogP contribution in [0.5, 0.6) is 5.75 Å². The zero-order valence-corrected chi connectivity index (χ0v) is 16.6. The molecule has 29 heavy (non-hydrogen) atoms. The third-order valence-corrected chi connectivity index (χ3v) is 5.63. The van der Waals surface area contributed by atoms with Crippen molar-refractivity contribution in [2.24, 2.45) is 0 Å². The lowest BCUT2D eigenvalue weighted by molar-refractivity contribution is 0.0714. The van der Waals surface area contributed by atoms with Crippen LogP contribution in [0.25, 0.3) is 10.9 Å². The number of benzene rings is 2. The summed E-state index contributed by atoms with van der Waals surface area (Å²) in [6.45, 7) is 0. The third kappa shape index (κ3) is 4.40. The van der Waals surface area contributed by atoms with Crippen LogP contribution in [-0.4, -0.2) is 35.3 Å². The van der Waals surface area contributed by atoms with Gasteiger partial charge < -0.3 is 15.2 Å². The molecule has 0 bridgehead atoms. The number of aliphatic hydroxyl groups excluding tert-OH is 1. The Bertz CT molecular complexity index is 1000. The predicted molar refractivity (Wildman–Crippen MR) is 113 cm³/mol. The number of ether oxygens (including phenoxy) is 1. The van der Waals surface area contributed by atoms with Crippen molar-refractivity contribution in [1.29, 1.82) is 0 Å². The molecule has 5 heteroatoms. The minimum Gasteiger partial charge on any atom is -0.497 e. The first-order chi connectivity index (χ1) is 14.1. The van der Waals surface area contributed by atoms with Crippen LogP contribution < -0.4 is 10.1 Å². The van der Waals surface area contributed by atoms with Crippen molar-refractivity contribution >= 4 is 16.8 Å². The average Bonchev–Trinajstić information content (AvgIpc) is 2.76. The van der Waals surface area contributed by atoms with Crippen molar-refractivity contribution < 1.29 is 14.6 Å². The van der Waals surface area contributed by atoms with Crippen LogP contribution in [0.2, 0.25) is 0 Å². The largest absolute Gasteiger partial charge is 0.497 e. The van der Waals surface area contributed by atoms with Crippen LogP contribution >= 0.6 is 0 Å². The quantitative estimate of drug-likeness (QED) is 0.694. The van der Waals surface area contributed by atoms with Crippen molar-refractivity contribution in [2.75, 3.05) is 7.11 Å². The molecule has 1 saturated carbocycles. The maximum absolute atomic E-state index is 12.9. The summed E-state index contributed by atoms with van der Waals surface area (Å²) in [5, 5.41) is 14.2. The number of hydrogen-bond acceptors (Lipinski definition) is 4. The van der Waals surface area contributed by atoms with Crippen molar-refractivity contribution in [2.45, 2.75) is 44.2 Å². The maximum atomic E-state index is 12.9. The summed E-state index contributed by atoms with van der Waals surface area (Å²) in [7, 11) is 1.65. The van der Waals surface area contributed by atoms with Gasteiger partial charge in [-0.1, -0.05) is 43.2 Å². The number of amides is 1. The Labute approximate surface area is 170 Å². The van der Waals surface area contributed by atoms with Crippen molar-refractivity contribution in [3.8, 4) is 5.75 Å². The van der Waals surface area contributed by atoms with E-state index in [1.807, 2.05) is 54.6 Å². The van der Waals surface area contributed by atoms with Gasteiger partial charge in [-0.2, -0.15) is 0 Å². The standard InChI is InChI=1S/C24H26N2O3/c1-29-18-12-10-16(11-13-18)14-17-15-22(25-20-7-3-2-6-19(17)20)24(28)26-21-8-4-5-9-23(21)27/h2-3,6-7,10-13,15,21,23,27H,4-5,8-9,14H2,1H3,(H,26,28)/t21-,23-/m0/s1. The molecule has 0 aliphatic heterocycles. The van der Waals surface area contributed by atoms with Gasteiger partial charge in [0.15, 0.2) is 0 Å². The van der Waals surface area contributed by atoms with E-state index in [0.717, 1.165) is 53.5 Å². The molecule has 1 heterocycles. The van der Waals surface area contributed by atoms with E-state index in [2.05, 4.69) is 10.3 Å². The van der Waals surface area contributed by atoms with Crippen LogP contribution in [0.3, 0.4) is 0 Å². The molecule has 4 rings (SSSR count). The van der Waals surface area contributed by atoms with Crippen molar-refractivity contribution in [3.63, 3.8) is 0 Å². The lowest BCUT2D eigenvalue weighted by Crippen LogP contribution is -2.45. The number of aromatic nitrogens is 1. The van der Waals surface area contributed by atoms with Gasteiger partial charge in [0.25, 0.3) is 5.91 Å². The first-order valence-corrected chi connectivity index (χ1v) is 10.1. The van der Waals surface area contributed by atoms with E-state index in [1.165, 1.54) is 0 Å². The Kier molecular flexibility index (Phi) is 5.76. The lowest BCUT2D eigenvalue weighted by Gasteiger charge is -2.28. The van der Waals surface area contributed by atoms with Crippen molar-refractivity contribution in [1.82, 2.24) is 10.3 Å². The van der Waals surface area contributed by atoms with Crippen LogP contribution in [0.15, 0.2) is 54.6 Å². The monoisotopic (exact) mass is 390 g/mol. The number of aliphatic hydroxyl groups is 1. The molecule has 150 valence electrons. The summed E-state index contributed by atoms with van der Waals surface area (Å²) in [4.78, 5) is 17.5. The molecule has 1 amide bonds. The van der Waals surface area contributed by atoms with E-state index in [4.69, 9.17) is 4.74 Å². The SMILES string of the molecule is COc1ccc(Cc2cc(C(=O)N[C@H]3CCCC[C@@H]3O)nc3ccccc23)cc1. The smallest absolute Gasteiger partial charge is 0.270 e. The first-order valence-electron chi connectivity index (χ1n) is 10.1. The summed E-state index contributed by atoms with van der Waals surface area (Å²) in [5.41, 5.74) is 3.38. The van der Waals surface area contributed by atoms with Crippen LogP contribution in [-0.2, 0) is 6.42 Å². The Morgan fingerprint density at radius 1 is 1.14 bits per heavy atom. The molecule has 1 fully saturated rings. The Morgan fingerprint density at radius 3 is 2.66 bits per heavy atom. The maximum Gasteiger partial charge on any atom is 0.270 e. The van der Waals surface area contributed by atoms with Crippen LogP contribution in [0.1, 0.15) is 47.3 Å². The fraction of sp³-hybridized carbons (Fsp3) is 0.333. The fourth-order valence-electron chi connectivity index (χ4n) is 4.00. The highest BCUT2D eigenvalue weighted by Gasteiger charge is 2.25. The number of fused-ring (bicyclic) bond motifs is 1.